The van der Waals surface area contributed by atoms with Gasteiger partial charge in [-0.2, -0.15) is 10.2 Å². The lowest BCUT2D eigenvalue weighted by atomic mass is 10.2. The Kier molecular flexibility index (Phi) is 3.76. The second-order valence-electron chi connectivity index (χ2n) is 6.50. The summed E-state index contributed by atoms with van der Waals surface area (Å²) in [4.78, 5) is 19.2. The van der Waals surface area contributed by atoms with Gasteiger partial charge >= 0.3 is 0 Å². The van der Waals surface area contributed by atoms with Gasteiger partial charge in [0.1, 0.15) is 5.56 Å². The molecule has 8 heteroatoms. The van der Waals surface area contributed by atoms with Crippen molar-refractivity contribution >= 4 is 11.6 Å². The van der Waals surface area contributed by atoms with Gasteiger partial charge in [-0.05, 0) is 31.9 Å². The molecule has 0 aromatic carbocycles. The minimum atomic E-state index is -0.615. The van der Waals surface area contributed by atoms with Crippen molar-refractivity contribution in [3.63, 3.8) is 0 Å². The van der Waals surface area contributed by atoms with Gasteiger partial charge in [0.25, 0.3) is 5.91 Å². The lowest BCUT2D eigenvalue weighted by Gasteiger charge is -2.19. The molecule has 8 nitrogen and oxygen atoms in total. The molecule has 0 fully saturated rings. The molecule has 4 heterocycles. The van der Waals surface area contributed by atoms with E-state index in [1.165, 1.54) is 0 Å². The van der Waals surface area contributed by atoms with Crippen molar-refractivity contribution in [1.29, 1.82) is 0 Å². The maximum Gasteiger partial charge on any atom is 0.259 e. The minimum absolute atomic E-state index is 0.0837. The highest BCUT2D eigenvalue weighted by molar-refractivity contribution is 5.99. The Morgan fingerprint density at radius 3 is 2.96 bits per heavy atom. The van der Waals surface area contributed by atoms with Gasteiger partial charge in [-0.15, -0.1) is 0 Å². The summed E-state index contributed by atoms with van der Waals surface area (Å²) in [6.07, 6.45) is 5.36. The summed E-state index contributed by atoms with van der Waals surface area (Å²) in [5.41, 5.74) is 3.63. The van der Waals surface area contributed by atoms with E-state index in [1.807, 2.05) is 23.9 Å². The number of hydrogen-bond acceptors (Lipinski definition) is 5. The van der Waals surface area contributed by atoms with E-state index < -0.39 is 6.10 Å². The van der Waals surface area contributed by atoms with E-state index in [4.69, 9.17) is 0 Å². The maximum atomic E-state index is 13.0. The molecule has 0 saturated carbocycles. The first-order valence-electron chi connectivity index (χ1n) is 8.37. The molecule has 3 aromatic heterocycles. The quantitative estimate of drug-likeness (QED) is 0.760. The monoisotopic (exact) mass is 340 g/mol. The Morgan fingerprint density at radius 2 is 2.16 bits per heavy atom. The second-order valence-corrected chi connectivity index (χ2v) is 6.50. The Morgan fingerprint density at radius 1 is 1.32 bits per heavy atom. The number of carbonyl (C=O) groups is 1. The van der Waals surface area contributed by atoms with Gasteiger partial charge < -0.3 is 10.0 Å². The normalized spacial score (nSPS) is 15.9. The first-order chi connectivity index (χ1) is 12.0. The number of aromatic nitrogens is 5. The van der Waals surface area contributed by atoms with E-state index in [-0.39, 0.29) is 5.91 Å². The number of fused-ring (bicyclic) bond motifs is 2. The van der Waals surface area contributed by atoms with Crippen LogP contribution in [0.15, 0.2) is 24.7 Å². The second kappa shape index (κ2) is 5.96. The van der Waals surface area contributed by atoms with Gasteiger partial charge in [0.2, 0.25) is 0 Å². The summed E-state index contributed by atoms with van der Waals surface area (Å²) in [5.74, 6) is -0.0837. The highest BCUT2D eigenvalue weighted by atomic mass is 16.3. The van der Waals surface area contributed by atoms with Crippen LogP contribution in [0.2, 0.25) is 0 Å². The molecule has 1 N–H and O–H groups in total. The molecule has 0 aliphatic carbocycles. The Bertz CT molecular complexity index is 942. The predicted octanol–water partition coefficient (Wildman–Crippen LogP) is 1.33. The largest absolute Gasteiger partial charge is 0.387 e. The summed E-state index contributed by atoms with van der Waals surface area (Å²) in [6, 6.07) is 1.87. The topological polar surface area (TPSA) is 88.5 Å². The van der Waals surface area contributed by atoms with E-state index in [9.17, 15) is 9.90 Å². The Balaban J connectivity index is 1.64. The summed E-state index contributed by atoms with van der Waals surface area (Å²) in [6.45, 7) is 5.47. The molecule has 3 aromatic rings. The number of rotatable bonds is 2. The van der Waals surface area contributed by atoms with Crippen molar-refractivity contribution in [1.82, 2.24) is 29.3 Å². The van der Waals surface area contributed by atoms with Crippen molar-refractivity contribution in [2.45, 2.75) is 39.5 Å². The van der Waals surface area contributed by atoms with E-state index in [1.54, 1.807) is 28.7 Å². The average molecular weight is 340 g/mol. The summed E-state index contributed by atoms with van der Waals surface area (Å²) in [5, 5.41) is 18.4. The highest BCUT2D eigenvalue weighted by Crippen LogP contribution is 2.20. The van der Waals surface area contributed by atoms with E-state index in [2.05, 4.69) is 15.2 Å². The molecule has 0 radical (unpaired) electrons. The number of aryl methyl sites for hydroxylation is 2. The first-order valence-corrected chi connectivity index (χ1v) is 8.37. The molecular formula is C17H20N6O2. The zero-order chi connectivity index (χ0) is 17.6. The summed E-state index contributed by atoms with van der Waals surface area (Å²) >= 11 is 0. The van der Waals surface area contributed by atoms with Gasteiger partial charge in [-0.25, -0.2) is 9.50 Å². The Labute approximate surface area is 144 Å². The van der Waals surface area contributed by atoms with Crippen molar-refractivity contribution in [3.8, 4) is 0 Å². The van der Waals surface area contributed by atoms with Crippen molar-refractivity contribution < 1.29 is 9.90 Å². The SMILES string of the molecule is Cc1cnc2c(C(=O)N3CCCn4nc([C@H](C)O)cc4C3)cnn2c1. The van der Waals surface area contributed by atoms with Gasteiger partial charge in [0.05, 0.1) is 30.2 Å². The van der Waals surface area contributed by atoms with Gasteiger partial charge in [0, 0.05) is 25.5 Å². The zero-order valence-corrected chi connectivity index (χ0v) is 14.3. The van der Waals surface area contributed by atoms with Gasteiger partial charge in [0.15, 0.2) is 5.65 Å². The lowest BCUT2D eigenvalue weighted by Crippen LogP contribution is -2.30. The van der Waals surface area contributed by atoms with Crippen LogP contribution in [0.5, 0.6) is 0 Å². The van der Waals surface area contributed by atoms with Crippen LogP contribution in [0.4, 0.5) is 0 Å². The molecule has 0 spiro atoms. The molecule has 1 aliphatic heterocycles. The molecule has 1 aliphatic rings. The van der Waals surface area contributed by atoms with Crippen LogP contribution in [0, 0.1) is 6.92 Å². The molecule has 1 atom stereocenters. The fraction of sp³-hybridized carbons (Fsp3) is 0.412. The third kappa shape index (κ3) is 2.78. The maximum absolute atomic E-state index is 13.0. The lowest BCUT2D eigenvalue weighted by molar-refractivity contribution is 0.0747. The minimum Gasteiger partial charge on any atom is -0.387 e. The Hall–Kier alpha value is -2.74. The summed E-state index contributed by atoms with van der Waals surface area (Å²) in [7, 11) is 0. The third-order valence-electron chi connectivity index (χ3n) is 4.46. The van der Waals surface area contributed by atoms with Gasteiger partial charge in [-0.3, -0.25) is 9.48 Å². The van der Waals surface area contributed by atoms with E-state index in [0.29, 0.717) is 30.0 Å². The van der Waals surface area contributed by atoms with Crippen LogP contribution < -0.4 is 0 Å². The smallest absolute Gasteiger partial charge is 0.259 e. The fourth-order valence-corrected chi connectivity index (χ4v) is 3.15. The van der Waals surface area contributed by atoms with Crippen molar-refractivity contribution in [3.05, 3.63) is 47.2 Å². The molecule has 0 saturated heterocycles. The van der Waals surface area contributed by atoms with E-state index >= 15 is 0 Å². The first kappa shape index (κ1) is 15.8. The van der Waals surface area contributed by atoms with E-state index in [0.717, 1.165) is 24.2 Å². The third-order valence-corrected chi connectivity index (χ3v) is 4.46. The number of hydrogen-bond donors (Lipinski definition) is 1. The van der Waals surface area contributed by atoms with Crippen LogP contribution in [-0.2, 0) is 13.1 Å². The predicted molar refractivity (Wildman–Crippen MR) is 89.9 cm³/mol. The number of amides is 1. The van der Waals surface area contributed by atoms with Crippen LogP contribution in [0.1, 0.15) is 46.8 Å². The summed E-state index contributed by atoms with van der Waals surface area (Å²) < 4.78 is 3.52. The van der Waals surface area contributed by atoms with Crippen LogP contribution in [-0.4, -0.2) is 46.8 Å². The van der Waals surface area contributed by atoms with Crippen LogP contribution >= 0.6 is 0 Å². The molecule has 0 bridgehead atoms. The molecule has 4 rings (SSSR count). The molecule has 0 unspecified atom stereocenters. The zero-order valence-electron chi connectivity index (χ0n) is 14.3. The molecule has 25 heavy (non-hydrogen) atoms. The van der Waals surface area contributed by atoms with Crippen molar-refractivity contribution in [2.75, 3.05) is 6.54 Å². The number of aliphatic hydroxyl groups excluding tert-OH is 1. The molecule has 1 amide bonds. The molecule has 130 valence electrons. The molecular weight excluding hydrogens is 320 g/mol. The van der Waals surface area contributed by atoms with Crippen LogP contribution in [0.3, 0.4) is 0 Å². The van der Waals surface area contributed by atoms with Crippen molar-refractivity contribution in [2.24, 2.45) is 0 Å². The number of nitrogens with zero attached hydrogens (tertiary/aromatic N) is 6. The standard InChI is InChI=1S/C17H20N6O2/c1-11-7-18-16-14(8-19-23(16)9-11)17(25)21-4-3-5-22-13(10-21)6-15(20-22)12(2)24/h6-9,12,24H,3-5,10H2,1-2H3/t12-/m0/s1. The average Bonchev–Trinajstić information content (AvgIpc) is 3.12. The number of carbonyl (C=O) groups excluding carboxylic acids is 1. The van der Waals surface area contributed by atoms with Gasteiger partial charge in [-0.1, -0.05) is 0 Å². The highest BCUT2D eigenvalue weighted by Gasteiger charge is 2.25. The number of aliphatic hydroxyl groups is 1. The fourth-order valence-electron chi connectivity index (χ4n) is 3.15. The van der Waals surface area contributed by atoms with Crippen LogP contribution in [0.25, 0.3) is 5.65 Å².